The fourth-order valence-electron chi connectivity index (χ4n) is 1.58. The number of benzene rings is 1. The number of carbonyl (C=O) groups excluding carboxylic acids is 1. The van der Waals surface area contributed by atoms with E-state index < -0.39 is 10.8 Å². The molecule has 0 aliphatic rings. The largest absolute Gasteiger partial charge is 0.366 e. The summed E-state index contributed by atoms with van der Waals surface area (Å²) >= 11 is 0. The van der Waals surface area contributed by atoms with Gasteiger partial charge in [0.1, 0.15) is 0 Å². The standard InChI is InChI=1S/C12H9N3O3/c13-12(16)10-2-1-7-14-11(10)8-3-5-9(6-4-8)15(17)18/h1-7H,(H2,13,16). The van der Waals surface area contributed by atoms with Gasteiger partial charge in [0.15, 0.2) is 0 Å². The lowest BCUT2D eigenvalue weighted by molar-refractivity contribution is -0.384. The molecule has 0 spiro atoms. The van der Waals surface area contributed by atoms with Crippen molar-refractivity contribution in [2.75, 3.05) is 0 Å². The topological polar surface area (TPSA) is 99.1 Å². The predicted molar refractivity (Wildman–Crippen MR) is 64.8 cm³/mol. The number of nitro benzene ring substituents is 1. The Balaban J connectivity index is 2.49. The molecule has 1 aromatic carbocycles. The van der Waals surface area contributed by atoms with Crippen molar-refractivity contribution >= 4 is 11.6 Å². The first-order chi connectivity index (χ1) is 8.59. The second kappa shape index (κ2) is 4.62. The Morgan fingerprint density at radius 3 is 2.44 bits per heavy atom. The van der Waals surface area contributed by atoms with Crippen LogP contribution in [0.2, 0.25) is 0 Å². The van der Waals surface area contributed by atoms with E-state index in [2.05, 4.69) is 4.98 Å². The summed E-state index contributed by atoms with van der Waals surface area (Å²) in [7, 11) is 0. The number of hydrogen-bond donors (Lipinski definition) is 1. The maximum absolute atomic E-state index is 11.2. The number of primary amides is 1. The maximum Gasteiger partial charge on any atom is 0.269 e. The summed E-state index contributed by atoms with van der Waals surface area (Å²) in [4.78, 5) is 25.4. The van der Waals surface area contributed by atoms with Crippen LogP contribution in [0.5, 0.6) is 0 Å². The normalized spacial score (nSPS) is 10.0. The quantitative estimate of drug-likeness (QED) is 0.655. The van der Waals surface area contributed by atoms with Gasteiger partial charge in [-0.15, -0.1) is 0 Å². The van der Waals surface area contributed by atoms with Crippen molar-refractivity contribution in [2.24, 2.45) is 5.73 Å². The molecule has 2 N–H and O–H groups in total. The van der Waals surface area contributed by atoms with Crippen molar-refractivity contribution in [2.45, 2.75) is 0 Å². The first kappa shape index (κ1) is 11.7. The molecular formula is C12H9N3O3. The smallest absolute Gasteiger partial charge is 0.269 e. The van der Waals surface area contributed by atoms with Gasteiger partial charge in [0, 0.05) is 23.9 Å². The average molecular weight is 243 g/mol. The highest BCUT2D eigenvalue weighted by Crippen LogP contribution is 2.23. The molecule has 90 valence electrons. The van der Waals surface area contributed by atoms with E-state index in [0.29, 0.717) is 11.3 Å². The molecule has 18 heavy (non-hydrogen) atoms. The van der Waals surface area contributed by atoms with Crippen LogP contribution in [0, 0.1) is 10.1 Å². The summed E-state index contributed by atoms with van der Waals surface area (Å²) in [6.45, 7) is 0. The van der Waals surface area contributed by atoms with E-state index in [1.165, 1.54) is 30.5 Å². The first-order valence-corrected chi connectivity index (χ1v) is 5.09. The molecule has 0 radical (unpaired) electrons. The highest BCUT2D eigenvalue weighted by atomic mass is 16.6. The SMILES string of the molecule is NC(=O)c1cccnc1-c1ccc([N+](=O)[O-])cc1. The molecule has 0 saturated carbocycles. The van der Waals surface area contributed by atoms with Gasteiger partial charge < -0.3 is 5.73 Å². The second-order valence-electron chi connectivity index (χ2n) is 3.57. The van der Waals surface area contributed by atoms with Crippen LogP contribution in [0.3, 0.4) is 0 Å². The molecule has 0 saturated heterocycles. The Bertz CT molecular complexity index is 608. The van der Waals surface area contributed by atoms with Crippen LogP contribution in [0.1, 0.15) is 10.4 Å². The zero-order chi connectivity index (χ0) is 13.1. The van der Waals surface area contributed by atoms with Crippen molar-refractivity contribution in [1.29, 1.82) is 0 Å². The van der Waals surface area contributed by atoms with E-state index in [9.17, 15) is 14.9 Å². The van der Waals surface area contributed by atoms with Crippen LogP contribution < -0.4 is 5.73 Å². The van der Waals surface area contributed by atoms with E-state index >= 15 is 0 Å². The third-order valence-corrected chi connectivity index (χ3v) is 2.42. The summed E-state index contributed by atoms with van der Waals surface area (Å²) in [6.07, 6.45) is 1.53. The lowest BCUT2D eigenvalue weighted by Crippen LogP contribution is -2.12. The van der Waals surface area contributed by atoms with Crippen molar-refractivity contribution in [3.05, 3.63) is 58.3 Å². The van der Waals surface area contributed by atoms with E-state index in [1.54, 1.807) is 12.1 Å². The number of non-ortho nitro benzene ring substituents is 1. The molecule has 6 heteroatoms. The molecule has 1 amide bonds. The van der Waals surface area contributed by atoms with Crippen LogP contribution in [0.25, 0.3) is 11.3 Å². The molecule has 1 aromatic heterocycles. The zero-order valence-corrected chi connectivity index (χ0v) is 9.24. The number of nitrogens with zero attached hydrogens (tertiary/aromatic N) is 2. The van der Waals surface area contributed by atoms with Crippen molar-refractivity contribution in [3.8, 4) is 11.3 Å². The molecule has 6 nitrogen and oxygen atoms in total. The predicted octanol–water partition coefficient (Wildman–Crippen LogP) is 1.76. The fourth-order valence-corrected chi connectivity index (χ4v) is 1.58. The van der Waals surface area contributed by atoms with Gasteiger partial charge in [-0.25, -0.2) is 0 Å². The minimum atomic E-state index is -0.587. The number of nitrogens with two attached hydrogens (primary N) is 1. The fraction of sp³-hybridized carbons (Fsp3) is 0. The number of nitro groups is 1. The summed E-state index contributed by atoms with van der Waals surface area (Å²) in [5, 5.41) is 10.5. The van der Waals surface area contributed by atoms with E-state index in [0.717, 1.165) is 0 Å². The summed E-state index contributed by atoms with van der Waals surface area (Å²) < 4.78 is 0. The Hall–Kier alpha value is -2.76. The molecule has 0 aliphatic heterocycles. The second-order valence-corrected chi connectivity index (χ2v) is 3.57. The van der Waals surface area contributed by atoms with Gasteiger partial charge in [0.25, 0.3) is 11.6 Å². The number of rotatable bonds is 3. The first-order valence-electron chi connectivity index (χ1n) is 5.09. The van der Waals surface area contributed by atoms with Gasteiger partial charge >= 0.3 is 0 Å². The zero-order valence-electron chi connectivity index (χ0n) is 9.24. The highest BCUT2D eigenvalue weighted by molar-refractivity contribution is 5.98. The number of aromatic nitrogens is 1. The molecule has 0 aliphatic carbocycles. The summed E-state index contributed by atoms with van der Waals surface area (Å²) in [6, 6.07) is 8.95. The molecular weight excluding hydrogens is 234 g/mol. The Morgan fingerprint density at radius 1 is 1.22 bits per heavy atom. The Labute approximate surface area is 102 Å². The monoisotopic (exact) mass is 243 g/mol. The minimum Gasteiger partial charge on any atom is -0.366 e. The third kappa shape index (κ3) is 2.17. The minimum absolute atomic E-state index is 0.0182. The van der Waals surface area contributed by atoms with Gasteiger partial charge in [-0.2, -0.15) is 0 Å². The van der Waals surface area contributed by atoms with Crippen LogP contribution in [0.15, 0.2) is 42.6 Å². The van der Waals surface area contributed by atoms with Crippen LogP contribution >= 0.6 is 0 Å². The van der Waals surface area contributed by atoms with E-state index in [-0.39, 0.29) is 11.3 Å². The number of hydrogen-bond acceptors (Lipinski definition) is 4. The van der Waals surface area contributed by atoms with Gasteiger partial charge in [-0.3, -0.25) is 19.9 Å². The maximum atomic E-state index is 11.2. The Kier molecular flexibility index (Phi) is 3.01. The molecule has 0 atom stereocenters. The molecule has 0 unspecified atom stereocenters. The van der Waals surface area contributed by atoms with Gasteiger partial charge in [-0.05, 0) is 24.3 Å². The summed E-state index contributed by atoms with van der Waals surface area (Å²) in [5.74, 6) is -0.587. The molecule has 2 aromatic rings. The molecule has 0 fully saturated rings. The number of amides is 1. The van der Waals surface area contributed by atoms with Gasteiger partial charge in [-0.1, -0.05) is 0 Å². The van der Waals surface area contributed by atoms with Gasteiger partial charge in [0.05, 0.1) is 16.2 Å². The van der Waals surface area contributed by atoms with Crippen molar-refractivity contribution in [3.63, 3.8) is 0 Å². The average Bonchev–Trinajstić information content (AvgIpc) is 2.39. The number of carbonyl (C=O) groups is 1. The van der Waals surface area contributed by atoms with Crippen molar-refractivity contribution < 1.29 is 9.72 Å². The highest BCUT2D eigenvalue weighted by Gasteiger charge is 2.12. The van der Waals surface area contributed by atoms with Crippen LogP contribution in [0.4, 0.5) is 5.69 Å². The van der Waals surface area contributed by atoms with Crippen molar-refractivity contribution in [1.82, 2.24) is 4.98 Å². The molecule has 1 heterocycles. The van der Waals surface area contributed by atoms with Crippen LogP contribution in [-0.4, -0.2) is 15.8 Å². The summed E-state index contributed by atoms with van der Waals surface area (Å²) in [5.41, 5.74) is 6.53. The van der Waals surface area contributed by atoms with Crippen LogP contribution in [-0.2, 0) is 0 Å². The van der Waals surface area contributed by atoms with Gasteiger partial charge in [0.2, 0.25) is 0 Å². The molecule has 0 bridgehead atoms. The lowest BCUT2D eigenvalue weighted by Gasteiger charge is -2.04. The Morgan fingerprint density at radius 2 is 1.89 bits per heavy atom. The third-order valence-electron chi connectivity index (χ3n) is 2.42. The van der Waals surface area contributed by atoms with E-state index in [4.69, 9.17) is 5.73 Å². The molecule has 2 rings (SSSR count). The lowest BCUT2D eigenvalue weighted by atomic mass is 10.1. The van der Waals surface area contributed by atoms with E-state index in [1.807, 2.05) is 0 Å². The number of pyridine rings is 1.